The van der Waals surface area contributed by atoms with Gasteiger partial charge in [-0.25, -0.2) is 0 Å². The molecule has 0 aliphatic carbocycles. The molecule has 36 heavy (non-hydrogen) atoms. The van der Waals surface area contributed by atoms with E-state index in [9.17, 15) is 4.79 Å². The quantitative estimate of drug-likeness (QED) is 0.298. The predicted octanol–water partition coefficient (Wildman–Crippen LogP) is 6.15. The fourth-order valence-corrected chi connectivity index (χ4v) is 5.38. The van der Waals surface area contributed by atoms with Crippen LogP contribution in [0.1, 0.15) is 47.4 Å². The largest absolute Gasteiger partial charge is 0.355 e. The number of fused-ring (bicyclic) bond motifs is 1. The molecule has 1 atom stereocenters. The number of aryl methyl sites for hydroxylation is 1. The van der Waals surface area contributed by atoms with E-state index in [0.717, 1.165) is 32.7 Å². The second kappa shape index (κ2) is 12.2. The lowest BCUT2D eigenvalue weighted by atomic mass is 9.87. The Morgan fingerprint density at radius 1 is 0.944 bits per heavy atom. The van der Waals surface area contributed by atoms with Gasteiger partial charge in [0, 0.05) is 49.1 Å². The molecule has 0 bridgehead atoms. The van der Waals surface area contributed by atoms with Crippen molar-refractivity contribution in [2.45, 2.75) is 38.6 Å². The molecule has 1 fully saturated rings. The first-order valence-corrected chi connectivity index (χ1v) is 12.8. The van der Waals surface area contributed by atoms with Crippen LogP contribution in [0.4, 0.5) is 0 Å². The van der Waals surface area contributed by atoms with Crippen molar-refractivity contribution in [2.75, 3.05) is 26.2 Å². The second-order valence-corrected chi connectivity index (χ2v) is 9.78. The molecule has 1 N–H and O–H groups in total. The molecule has 5 rings (SSSR count). The summed E-state index contributed by atoms with van der Waals surface area (Å²) in [5.74, 6) is 0.124. The Bertz CT molecular complexity index is 1280. The Balaban J connectivity index is 0.00000304. The van der Waals surface area contributed by atoms with Crippen molar-refractivity contribution in [2.24, 2.45) is 0 Å². The lowest BCUT2D eigenvalue weighted by molar-refractivity contribution is -0.121. The number of para-hydroxylation sites is 1. The van der Waals surface area contributed by atoms with Crippen LogP contribution in [0.5, 0.6) is 0 Å². The fourth-order valence-electron chi connectivity index (χ4n) is 5.38. The van der Waals surface area contributed by atoms with Crippen molar-refractivity contribution in [1.29, 1.82) is 0 Å². The lowest BCUT2D eigenvalue weighted by Gasteiger charge is -2.19. The molecule has 1 saturated heterocycles. The molecule has 2 heterocycles. The smallest absolute Gasteiger partial charge is 0.220 e. The number of carbonyl (C=O) groups is 1. The summed E-state index contributed by atoms with van der Waals surface area (Å²) in [5.41, 5.74) is 6.11. The highest BCUT2D eigenvalue weighted by molar-refractivity contribution is 5.87. The number of likely N-dealkylation sites (tertiary alicyclic amines) is 1. The first-order valence-electron chi connectivity index (χ1n) is 12.8. The SMILES string of the molecule is Cc1cccc(C(CC(=O)NCCN2CCCC2)c2cn(Cc3ccccc3)c3ccccc23)c1.Cl. The van der Waals surface area contributed by atoms with Gasteiger partial charge < -0.3 is 14.8 Å². The third kappa shape index (κ3) is 6.18. The summed E-state index contributed by atoms with van der Waals surface area (Å²) in [5, 5.41) is 4.42. The summed E-state index contributed by atoms with van der Waals surface area (Å²) < 4.78 is 2.33. The number of benzene rings is 3. The number of hydrogen-bond acceptors (Lipinski definition) is 2. The molecule has 4 aromatic rings. The number of nitrogens with one attached hydrogen (secondary N) is 1. The van der Waals surface area contributed by atoms with Crippen LogP contribution in [0.2, 0.25) is 0 Å². The Hall–Kier alpha value is -3.08. The van der Waals surface area contributed by atoms with E-state index in [0.29, 0.717) is 6.42 Å². The molecule has 0 radical (unpaired) electrons. The van der Waals surface area contributed by atoms with Crippen LogP contribution in [-0.2, 0) is 11.3 Å². The average Bonchev–Trinajstić information content (AvgIpc) is 3.52. The minimum atomic E-state index is 0. The third-order valence-corrected chi connectivity index (χ3v) is 7.17. The Morgan fingerprint density at radius 3 is 2.47 bits per heavy atom. The molecular weight excluding hydrogens is 466 g/mol. The van der Waals surface area contributed by atoms with Crippen molar-refractivity contribution in [3.05, 3.63) is 107 Å². The van der Waals surface area contributed by atoms with Crippen molar-refractivity contribution in [1.82, 2.24) is 14.8 Å². The molecule has 0 spiro atoms. The standard InChI is InChI=1S/C31H35N3O.ClH/c1-24-10-9-13-26(20-24)28(21-31(35)32-16-19-33-17-7-8-18-33)29-23-34(22-25-11-3-2-4-12-25)30-15-6-5-14-27(29)30;/h2-6,9-15,20,23,28H,7-8,16-19,21-22H2,1H3,(H,32,35);1H. The number of amides is 1. The molecule has 1 unspecified atom stereocenters. The zero-order valence-electron chi connectivity index (χ0n) is 21.0. The van der Waals surface area contributed by atoms with Gasteiger partial charge in [-0.05, 0) is 55.6 Å². The van der Waals surface area contributed by atoms with Gasteiger partial charge in [-0.3, -0.25) is 4.79 Å². The Labute approximate surface area is 220 Å². The second-order valence-electron chi connectivity index (χ2n) is 9.78. The van der Waals surface area contributed by atoms with Gasteiger partial charge in [-0.2, -0.15) is 0 Å². The molecule has 1 amide bonds. The van der Waals surface area contributed by atoms with E-state index < -0.39 is 0 Å². The van der Waals surface area contributed by atoms with Crippen molar-refractivity contribution in [3.8, 4) is 0 Å². The van der Waals surface area contributed by atoms with Crippen LogP contribution in [0.3, 0.4) is 0 Å². The summed E-state index contributed by atoms with van der Waals surface area (Å²) >= 11 is 0. The van der Waals surface area contributed by atoms with Gasteiger partial charge in [-0.15, -0.1) is 12.4 Å². The van der Waals surface area contributed by atoms with Crippen LogP contribution in [0.15, 0.2) is 85.1 Å². The molecule has 188 valence electrons. The van der Waals surface area contributed by atoms with E-state index in [2.05, 4.69) is 107 Å². The van der Waals surface area contributed by atoms with E-state index in [4.69, 9.17) is 0 Å². The van der Waals surface area contributed by atoms with E-state index in [1.54, 1.807) is 0 Å². The fraction of sp³-hybridized carbons (Fsp3) is 0.323. The average molecular weight is 502 g/mol. The summed E-state index contributed by atoms with van der Waals surface area (Å²) in [6.07, 6.45) is 5.26. The zero-order valence-corrected chi connectivity index (χ0v) is 21.8. The van der Waals surface area contributed by atoms with Crippen LogP contribution >= 0.6 is 12.4 Å². The number of carbonyl (C=O) groups excluding carboxylic acids is 1. The van der Waals surface area contributed by atoms with Crippen molar-refractivity contribution < 1.29 is 4.79 Å². The number of hydrogen-bond donors (Lipinski definition) is 1. The highest BCUT2D eigenvalue weighted by atomic mass is 35.5. The molecule has 1 aliphatic heterocycles. The highest BCUT2D eigenvalue weighted by Gasteiger charge is 2.23. The number of rotatable bonds is 9. The minimum absolute atomic E-state index is 0. The molecule has 0 saturated carbocycles. The van der Waals surface area contributed by atoms with Crippen molar-refractivity contribution >= 4 is 29.2 Å². The van der Waals surface area contributed by atoms with Gasteiger partial charge in [0.1, 0.15) is 0 Å². The minimum Gasteiger partial charge on any atom is -0.355 e. The number of halogens is 1. The monoisotopic (exact) mass is 501 g/mol. The zero-order chi connectivity index (χ0) is 24.0. The highest BCUT2D eigenvalue weighted by Crippen LogP contribution is 2.35. The normalized spacial score (nSPS) is 14.5. The van der Waals surface area contributed by atoms with Gasteiger partial charge in [0.25, 0.3) is 0 Å². The number of nitrogens with zero attached hydrogens (tertiary/aromatic N) is 2. The summed E-state index contributed by atoms with van der Waals surface area (Å²) in [6, 6.07) is 27.8. The van der Waals surface area contributed by atoms with Crippen LogP contribution in [-0.4, -0.2) is 41.6 Å². The molecular formula is C31H36ClN3O. The van der Waals surface area contributed by atoms with Crippen LogP contribution in [0, 0.1) is 6.92 Å². The lowest BCUT2D eigenvalue weighted by Crippen LogP contribution is -2.34. The third-order valence-electron chi connectivity index (χ3n) is 7.17. The van der Waals surface area contributed by atoms with Crippen LogP contribution < -0.4 is 5.32 Å². The van der Waals surface area contributed by atoms with Gasteiger partial charge in [0.05, 0.1) is 0 Å². The van der Waals surface area contributed by atoms with Gasteiger partial charge >= 0.3 is 0 Å². The molecule has 1 aliphatic rings. The van der Waals surface area contributed by atoms with Gasteiger partial charge in [0.2, 0.25) is 5.91 Å². The summed E-state index contributed by atoms with van der Waals surface area (Å²) in [4.78, 5) is 15.6. The topological polar surface area (TPSA) is 37.3 Å². The number of aromatic nitrogens is 1. The van der Waals surface area contributed by atoms with Crippen LogP contribution in [0.25, 0.3) is 10.9 Å². The Kier molecular flexibility index (Phi) is 8.84. The maximum Gasteiger partial charge on any atom is 0.220 e. The molecule has 4 nitrogen and oxygen atoms in total. The van der Waals surface area contributed by atoms with E-state index in [-0.39, 0.29) is 24.2 Å². The van der Waals surface area contributed by atoms with Gasteiger partial charge in [0.15, 0.2) is 0 Å². The molecule has 3 aromatic carbocycles. The first-order chi connectivity index (χ1) is 17.2. The van der Waals surface area contributed by atoms with Crippen molar-refractivity contribution in [3.63, 3.8) is 0 Å². The summed E-state index contributed by atoms with van der Waals surface area (Å²) in [7, 11) is 0. The maximum atomic E-state index is 13.2. The van der Waals surface area contributed by atoms with E-state index in [1.807, 2.05) is 0 Å². The predicted molar refractivity (Wildman–Crippen MR) is 151 cm³/mol. The van der Waals surface area contributed by atoms with Gasteiger partial charge in [-0.1, -0.05) is 78.4 Å². The molecule has 1 aromatic heterocycles. The maximum absolute atomic E-state index is 13.2. The first kappa shape index (κ1) is 26.0. The van der Waals surface area contributed by atoms with E-state index in [1.165, 1.54) is 46.0 Å². The summed E-state index contributed by atoms with van der Waals surface area (Å²) in [6.45, 7) is 6.90. The Morgan fingerprint density at radius 2 is 1.69 bits per heavy atom. The van der Waals surface area contributed by atoms with E-state index >= 15 is 0 Å². The molecule has 5 heteroatoms.